The van der Waals surface area contributed by atoms with Crippen molar-refractivity contribution in [3.63, 3.8) is 0 Å². The molecule has 17 heavy (non-hydrogen) atoms. The monoisotopic (exact) mass is 255 g/mol. The first kappa shape index (κ1) is 12.8. The molecule has 1 aromatic rings. The van der Waals surface area contributed by atoms with Gasteiger partial charge < -0.3 is 10.1 Å². The topological polar surface area (TPSA) is 47.0 Å². The molecule has 4 nitrogen and oxygen atoms in total. The molecular weight excluding hydrogens is 234 g/mol. The molecule has 1 heterocycles. The van der Waals surface area contributed by atoms with E-state index < -0.39 is 0 Å². The van der Waals surface area contributed by atoms with Crippen LogP contribution in [0.3, 0.4) is 0 Å². The predicted molar refractivity (Wildman–Crippen MR) is 69.7 cm³/mol. The highest BCUT2D eigenvalue weighted by Gasteiger charge is 2.31. The van der Waals surface area contributed by atoms with Gasteiger partial charge in [-0.15, -0.1) is 0 Å². The number of aromatic nitrogens is 2. The van der Waals surface area contributed by atoms with Gasteiger partial charge in [0, 0.05) is 16.9 Å². The highest BCUT2D eigenvalue weighted by atomic mass is 32.1. The lowest BCUT2D eigenvalue weighted by Gasteiger charge is -2.34. The maximum absolute atomic E-state index is 5.82. The average Bonchev–Trinajstić information content (AvgIpc) is 2.62. The fourth-order valence-corrected chi connectivity index (χ4v) is 2.72. The lowest BCUT2D eigenvalue weighted by molar-refractivity contribution is 0.0652. The van der Waals surface area contributed by atoms with Crippen LogP contribution < -0.4 is 10.1 Å². The minimum Gasteiger partial charge on any atom is -0.466 e. The Bertz CT molecular complexity index is 366. The zero-order chi connectivity index (χ0) is 12.5. The number of hydrogen-bond acceptors (Lipinski definition) is 5. The van der Waals surface area contributed by atoms with Crippen molar-refractivity contribution in [1.82, 2.24) is 14.7 Å². The van der Waals surface area contributed by atoms with E-state index in [1.807, 2.05) is 7.05 Å². The largest absolute Gasteiger partial charge is 0.466 e. The SMILES string of the molecule is CNCC1CC(Oc2nc(C(C)(C)C)ns2)C1. The van der Waals surface area contributed by atoms with Crippen LogP contribution in [0.5, 0.6) is 5.19 Å². The van der Waals surface area contributed by atoms with E-state index in [0.29, 0.717) is 6.10 Å². The second kappa shape index (κ2) is 4.90. The summed E-state index contributed by atoms with van der Waals surface area (Å²) in [6.07, 6.45) is 2.60. The van der Waals surface area contributed by atoms with Gasteiger partial charge in [-0.3, -0.25) is 0 Å². The summed E-state index contributed by atoms with van der Waals surface area (Å²) in [5, 5.41) is 3.92. The van der Waals surface area contributed by atoms with Gasteiger partial charge in [0.15, 0.2) is 5.82 Å². The van der Waals surface area contributed by atoms with Crippen LogP contribution in [-0.2, 0) is 5.41 Å². The fourth-order valence-electron chi connectivity index (χ4n) is 1.93. The molecule has 0 spiro atoms. The number of rotatable bonds is 4. The molecule has 0 amide bonds. The summed E-state index contributed by atoms with van der Waals surface area (Å²) in [6, 6.07) is 0. The number of nitrogens with zero attached hydrogens (tertiary/aromatic N) is 2. The Hall–Kier alpha value is -0.680. The minimum absolute atomic E-state index is 0.00634. The van der Waals surface area contributed by atoms with Gasteiger partial charge in [-0.05, 0) is 32.4 Å². The molecule has 1 aromatic heterocycles. The van der Waals surface area contributed by atoms with Gasteiger partial charge in [0.1, 0.15) is 6.10 Å². The lowest BCUT2D eigenvalue weighted by Crippen LogP contribution is -2.38. The second-order valence-electron chi connectivity index (χ2n) is 5.77. The summed E-state index contributed by atoms with van der Waals surface area (Å²) >= 11 is 1.37. The molecule has 0 aliphatic heterocycles. The molecule has 0 saturated heterocycles. The molecule has 1 aliphatic rings. The van der Waals surface area contributed by atoms with Gasteiger partial charge in [0.2, 0.25) is 0 Å². The van der Waals surface area contributed by atoms with Gasteiger partial charge >= 0.3 is 0 Å². The molecule has 0 atom stereocenters. The Labute approximate surface area is 107 Å². The molecule has 1 N–H and O–H groups in total. The van der Waals surface area contributed by atoms with E-state index in [1.165, 1.54) is 11.5 Å². The van der Waals surface area contributed by atoms with Crippen molar-refractivity contribution in [2.75, 3.05) is 13.6 Å². The van der Waals surface area contributed by atoms with Crippen molar-refractivity contribution < 1.29 is 4.74 Å². The average molecular weight is 255 g/mol. The van der Waals surface area contributed by atoms with E-state index in [4.69, 9.17) is 4.74 Å². The highest BCUT2D eigenvalue weighted by molar-refractivity contribution is 7.07. The van der Waals surface area contributed by atoms with Crippen LogP contribution >= 0.6 is 11.5 Å². The first-order valence-corrected chi connectivity index (χ1v) is 6.92. The van der Waals surface area contributed by atoms with Crippen LogP contribution in [0, 0.1) is 5.92 Å². The molecule has 0 radical (unpaired) electrons. The van der Waals surface area contributed by atoms with Crippen molar-refractivity contribution >= 4 is 11.5 Å². The molecule has 2 rings (SSSR count). The molecule has 5 heteroatoms. The molecule has 0 bridgehead atoms. The molecule has 96 valence electrons. The Kier molecular flexibility index (Phi) is 3.68. The molecule has 0 aromatic carbocycles. The van der Waals surface area contributed by atoms with Gasteiger partial charge in [0.25, 0.3) is 5.19 Å². The van der Waals surface area contributed by atoms with Crippen LogP contribution in [0.1, 0.15) is 39.4 Å². The van der Waals surface area contributed by atoms with Gasteiger partial charge in [-0.1, -0.05) is 20.8 Å². The van der Waals surface area contributed by atoms with Gasteiger partial charge in [0.05, 0.1) is 0 Å². The summed E-state index contributed by atoms with van der Waals surface area (Å²) in [5.41, 5.74) is 0.00634. The number of nitrogens with one attached hydrogen (secondary N) is 1. The highest BCUT2D eigenvalue weighted by Crippen LogP contribution is 2.32. The second-order valence-corrected chi connectivity index (χ2v) is 6.48. The Balaban J connectivity index is 1.83. The third-order valence-corrected chi connectivity index (χ3v) is 3.64. The van der Waals surface area contributed by atoms with E-state index in [-0.39, 0.29) is 5.41 Å². The summed E-state index contributed by atoms with van der Waals surface area (Å²) in [4.78, 5) is 4.44. The quantitative estimate of drug-likeness (QED) is 0.896. The van der Waals surface area contributed by atoms with Crippen molar-refractivity contribution in [2.24, 2.45) is 5.92 Å². The van der Waals surface area contributed by atoms with Gasteiger partial charge in [-0.2, -0.15) is 9.36 Å². The lowest BCUT2D eigenvalue weighted by atomic mass is 9.82. The predicted octanol–water partition coefficient (Wildman–Crippen LogP) is 2.21. The maximum atomic E-state index is 5.82. The fraction of sp³-hybridized carbons (Fsp3) is 0.833. The Morgan fingerprint density at radius 1 is 1.41 bits per heavy atom. The third kappa shape index (κ3) is 3.16. The summed E-state index contributed by atoms with van der Waals surface area (Å²) in [6.45, 7) is 7.44. The molecule has 0 unspecified atom stereocenters. The molecular formula is C12H21N3OS. The Morgan fingerprint density at radius 3 is 2.65 bits per heavy atom. The first-order chi connectivity index (χ1) is 7.99. The first-order valence-electron chi connectivity index (χ1n) is 6.14. The van der Waals surface area contributed by atoms with Crippen molar-refractivity contribution in [1.29, 1.82) is 0 Å². The zero-order valence-corrected chi connectivity index (χ0v) is 11.8. The summed E-state index contributed by atoms with van der Waals surface area (Å²) in [7, 11) is 1.99. The van der Waals surface area contributed by atoms with Crippen LogP contribution in [0.25, 0.3) is 0 Å². The molecule has 1 fully saturated rings. The van der Waals surface area contributed by atoms with E-state index in [9.17, 15) is 0 Å². The summed E-state index contributed by atoms with van der Waals surface area (Å²) in [5.74, 6) is 1.64. The summed E-state index contributed by atoms with van der Waals surface area (Å²) < 4.78 is 10.2. The third-order valence-electron chi connectivity index (χ3n) is 3.03. The van der Waals surface area contributed by atoms with E-state index in [0.717, 1.165) is 36.3 Å². The van der Waals surface area contributed by atoms with E-state index in [1.54, 1.807) is 0 Å². The van der Waals surface area contributed by atoms with Crippen molar-refractivity contribution in [2.45, 2.75) is 45.1 Å². The van der Waals surface area contributed by atoms with Crippen molar-refractivity contribution in [3.8, 4) is 5.19 Å². The van der Waals surface area contributed by atoms with Crippen LogP contribution in [0.2, 0.25) is 0 Å². The van der Waals surface area contributed by atoms with Crippen LogP contribution in [0.4, 0.5) is 0 Å². The normalized spacial score (nSPS) is 24.5. The smallest absolute Gasteiger partial charge is 0.293 e. The van der Waals surface area contributed by atoms with Crippen LogP contribution in [0.15, 0.2) is 0 Å². The zero-order valence-electron chi connectivity index (χ0n) is 11.0. The Morgan fingerprint density at radius 2 is 2.12 bits per heavy atom. The van der Waals surface area contributed by atoms with E-state index in [2.05, 4.69) is 35.4 Å². The standard InChI is InChI=1S/C12H21N3OS/c1-12(2,3)10-14-11(17-15-10)16-9-5-8(6-9)7-13-4/h8-9,13H,5-7H2,1-4H3. The van der Waals surface area contributed by atoms with Crippen LogP contribution in [-0.4, -0.2) is 29.1 Å². The number of ether oxygens (including phenoxy) is 1. The maximum Gasteiger partial charge on any atom is 0.293 e. The molecule has 1 aliphatic carbocycles. The van der Waals surface area contributed by atoms with E-state index >= 15 is 0 Å². The van der Waals surface area contributed by atoms with Crippen molar-refractivity contribution in [3.05, 3.63) is 5.82 Å². The van der Waals surface area contributed by atoms with Gasteiger partial charge in [-0.25, -0.2) is 0 Å². The molecule has 1 saturated carbocycles. The number of hydrogen-bond donors (Lipinski definition) is 1. The minimum atomic E-state index is 0.00634.